The van der Waals surface area contributed by atoms with Crippen molar-refractivity contribution in [3.8, 4) is 0 Å². The Kier molecular flexibility index (Phi) is 4.20. The molecule has 1 aliphatic rings. The Labute approximate surface area is 82.0 Å². The Morgan fingerprint density at radius 2 is 2.15 bits per heavy atom. The topological polar surface area (TPSA) is 21.3 Å². The molecule has 1 heterocycles. The van der Waals surface area contributed by atoms with E-state index in [1.165, 1.54) is 6.42 Å². The molecular formula is C11H23NO. The van der Waals surface area contributed by atoms with Gasteiger partial charge in [0.05, 0.1) is 6.10 Å². The van der Waals surface area contributed by atoms with E-state index in [1.54, 1.807) is 0 Å². The van der Waals surface area contributed by atoms with E-state index in [0.717, 1.165) is 18.9 Å². The van der Waals surface area contributed by atoms with Crippen molar-refractivity contribution in [3.05, 3.63) is 0 Å². The minimum Gasteiger partial charge on any atom is -0.378 e. The number of ether oxygens (including phenoxy) is 1. The molecule has 0 radical (unpaired) electrons. The lowest BCUT2D eigenvalue weighted by molar-refractivity contribution is 0.0727. The minimum atomic E-state index is 0.486. The molecule has 3 unspecified atom stereocenters. The molecule has 0 spiro atoms. The van der Waals surface area contributed by atoms with Crippen LogP contribution < -0.4 is 5.32 Å². The summed E-state index contributed by atoms with van der Waals surface area (Å²) < 4.78 is 5.71. The molecule has 13 heavy (non-hydrogen) atoms. The van der Waals surface area contributed by atoms with Gasteiger partial charge in [-0.2, -0.15) is 0 Å². The van der Waals surface area contributed by atoms with Gasteiger partial charge in [-0.1, -0.05) is 20.8 Å². The lowest BCUT2D eigenvalue weighted by atomic mass is 9.85. The van der Waals surface area contributed by atoms with Gasteiger partial charge in [-0.05, 0) is 25.8 Å². The van der Waals surface area contributed by atoms with Crippen molar-refractivity contribution in [2.24, 2.45) is 11.8 Å². The smallest absolute Gasteiger partial charge is 0.0616 e. The summed E-state index contributed by atoms with van der Waals surface area (Å²) in [7, 11) is 2.07. The van der Waals surface area contributed by atoms with E-state index < -0.39 is 0 Å². The summed E-state index contributed by atoms with van der Waals surface area (Å²) in [6, 6.07) is 0.618. The molecule has 0 aromatic carbocycles. The maximum atomic E-state index is 5.71. The van der Waals surface area contributed by atoms with Crippen molar-refractivity contribution in [1.82, 2.24) is 5.32 Å². The van der Waals surface area contributed by atoms with E-state index in [1.807, 2.05) is 0 Å². The van der Waals surface area contributed by atoms with Crippen molar-refractivity contribution < 1.29 is 4.74 Å². The fourth-order valence-electron chi connectivity index (χ4n) is 2.54. The van der Waals surface area contributed by atoms with Crippen molar-refractivity contribution in [1.29, 1.82) is 0 Å². The Bertz CT molecular complexity index is 147. The van der Waals surface area contributed by atoms with E-state index in [2.05, 4.69) is 33.1 Å². The molecule has 1 N–H and O–H groups in total. The van der Waals surface area contributed by atoms with Crippen molar-refractivity contribution in [3.63, 3.8) is 0 Å². The van der Waals surface area contributed by atoms with Gasteiger partial charge in [-0.3, -0.25) is 0 Å². The van der Waals surface area contributed by atoms with Gasteiger partial charge in [0.2, 0.25) is 0 Å². The van der Waals surface area contributed by atoms with Crippen LogP contribution in [-0.2, 0) is 4.74 Å². The van der Waals surface area contributed by atoms with E-state index >= 15 is 0 Å². The second kappa shape index (κ2) is 4.97. The molecule has 0 aromatic rings. The molecule has 1 aliphatic heterocycles. The van der Waals surface area contributed by atoms with E-state index in [4.69, 9.17) is 4.74 Å². The lowest BCUT2D eigenvalue weighted by Gasteiger charge is -2.29. The van der Waals surface area contributed by atoms with Gasteiger partial charge in [0.25, 0.3) is 0 Å². The molecule has 0 amide bonds. The monoisotopic (exact) mass is 185 g/mol. The summed E-state index contributed by atoms with van der Waals surface area (Å²) in [5.74, 6) is 1.42. The normalized spacial score (nSPS) is 31.2. The summed E-state index contributed by atoms with van der Waals surface area (Å²) in [6.07, 6.45) is 2.86. The van der Waals surface area contributed by atoms with Gasteiger partial charge in [-0.15, -0.1) is 0 Å². The number of rotatable bonds is 4. The fourth-order valence-corrected chi connectivity index (χ4v) is 2.54. The molecule has 0 aliphatic carbocycles. The summed E-state index contributed by atoms with van der Waals surface area (Å²) >= 11 is 0. The molecule has 1 saturated heterocycles. The zero-order valence-corrected chi connectivity index (χ0v) is 9.34. The maximum Gasteiger partial charge on any atom is 0.0616 e. The van der Waals surface area contributed by atoms with Gasteiger partial charge in [0, 0.05) is 18.6 Å². The van der Waals surface area contributed by atoms with Crippen molar-refractivity contribution in [2.45, 2.75) is 45.8 Å². The standard InChI is InChI=1S/C11H23NO/c1-5-10-9(6-7-13-10)11(12-4)8(2)3/h8-12H,5-7H2,1-4H3. The number of hydrogen-bond donors (Lipinski definition) is 1. The largest absolute Gasteiger partial charge is 0.378 e. The molecule has 78 valence electrons. The van der Waals surface area contributed by atoms with Crippen molar-refractivity contribution in [2.75, 3.05) is 13.7 Å². The molecule has 1 rings (SSSR count). The van der Waals surface area contributed by atoms with E-state index in [0.29, 0.717) is 18.1 Å². The molecule has 0 aromatic heterocycles. The number of nitrogens with one attached hydrogen (secondary N) is 1. The quantitative estimate of drug-likeness (QED) is 0.723. The van der Waals surface area contributed by atoms with Crippen LogP contribution in [0.5, 0.6) is 0 Å². The molecule has 1 fully saturated rings. The molecule has 0 bridgehead atoms. The second-order valence-corrected chi connectivity index (χ2v) is 4.33. The van der Waals surface area contributed by atoms with Crippen LogP contribution >= 0.6 is 0 Å². The predicted molar refractivity (Wildman–Crippen MR) is 55.8 cm³/mol. The first kappa shape index (κ1) is 11.0. The average Bonchev–Trinajstić information content (AvgIpc) is 2.53. The van der Waals surface area contributed by atoms with E-state index in [9.17, 15) is 0 Å². The van der Waals surface area contributed by atoms with Crippen LogP contribution in [0.15, 0.2) is 0 Å². The highest BCUT2D eigenvalue weighted by Crippen LogP contribution is 2.29. The average molecular weight is 185 g/mol. The Balaban J connectivity index is 2.56. The Morgan fingerprint density at radius 1 is 1.46 bits per heavy atom. The molecular weight excluding hydrogens is 162 g/mol. The zero-order chi connectivity index (χ0) is 9.84. The third-order valence-electron chi connectivity index (χ3n) is 3.18. The summed E-state index contributed by atoms with van der Waals surface area (Å²) in [4.78, 5) is 0. The summed E-state index contributed by atoms with van der Waals surface area (Å²) in [6.45, 7) is 7.74. The first-order valence-corrected chi connectivity index (χ1v) is 5.49. The lowest BCUT2D eigenvalue weighted by Crippen LogP contribution is -2.41. The first-order chi connectivity index (χ1) is 6.20. The minimum absolute atomic E-state index is 0.486. The van der Waals surface area contributed by atoms with Gasteiger partial charge in [-0.25, -0.2) is 0 Å². The third kappa shape index (κ3) is 2.44. The highest BCUT2D eigenvalue weighted by molar-refractivity contribution is 4.86. The summed E-state index contributed by atoms with van der Waals surface area (Å²) in [5.41, 5.74) is 0. The first-order valence-electron chi connectivity index (χ1n) is 5.49. The van der Waals surface area contributed by atoms with Crippen LogP contribution in [-0.4, -0.2) is 25.8 Å². The molecule has 3 atom stereocenters. The highest BCUT2D eigenvalue weighted by Gasteiger charge is 2.33. The van der Waals surface area contributed by atoms with Crippen LogP contribution in [0.1, 0.15) is 33.6 Å². The van der Waals surface area contributed by atoms with Crippen LogP contribution in [0.25, 0.3) is 0 Å². The van der Waals surface area contributed by atoms with Gasteiger partial charge in [0.1, 0.15) is 0 Å². The molecule has 2 nitrogen and oxygen atoms in total. The van der Waals surface area contributed by atoms with Gasteiger partial charge in [0.15, 0.2) is 0 Å². The van der Waals surface area contributed by atoms with Crippen LogP contribution in [0.4, 0.5) is 0 Å². The van der Waals surface area contributed by atoms with Crippen LogP contribution in [0, 0.1) is 11.8 Å². The van der Waals surface area contributed by atoms with Gasteiger partial charge >= 0.3 is 0 Å². The SMILES string of the molecule is CCC1OCCC1C(NC)C(C)C. The van der Waals surface area contributed by atoms with Crippen LogP contribution in [0.2, 0.25) is 0 Å². The number of hydrogen-bond acceptors (Lipinski definition) is 2. The predicted octanol–water partition coefficient (Wildman–Crippen LogP) is 2.05. The molecule has 0 saturated carbocycles. The van der Waals surface area contributed by atoms with Crippen molar-refractivity contribution >= 4 is 0 Å². The van der Waals surface area contributed by atoms with E-state index in [-0.39, 0.29) is 0 Å². The fraction of sp³-hybridized carbons (Fsp3) is 1.00. The third-order valence-corrected chi connectivity index (χ3v) is 3.18. The summed E-state index contributed by atoms with van der Waals surface area (Å²) in [5, 5.41) is 3.43. The Morgan fingerprint density at radius 3 is 2.62 bits per heavy atom. The van der Waals surface area contributed by atoms with Gasteiger partial charge < -0.3 is 10.1 Å². The second-order valence-electron chi connectivity index (χ2n) is 4.33. The maximum absolute atomic E-state index is 5.71. The molecule has 2 heteroatoms. The highest BCUT2D eigenvalue weighted by atomic mass is 16.5. The van der Waals surface area contributed by atoms with Crippen LogP contribution in [0.3, 0.4) is 0 Å². The zero-order valence-electron chi connectivity index (χ0n) is 9.34. The Hall–Kier alpha value is -0.0800.